The van der Waals surface area contributed by atoms with Gasteiger partial charge in [0.1, 0.15) is 6.10 Å². The van der Waals surface area contributed by atoms with Crippen LogP contribution in [0.4, 0.5) is 0 Å². The third kappa shape index (κ3) is 1.58. The minimum Gasteiger partial charge on any atom is -0.375 e. The maximum atomic E-state index is 5.54. The molecule has 0 unspecified atom stereocenters. The van der Waals surface area contributed by atoms with Crippen molar-refractivity contribution >= 4 is 15.9 Å². The van der Waals surface area contributed by atoms with Crippen LogP contribution in [0.3, 0.4) is 0 Å². The summed E-state index contributed by atoms with van der Waals surface area (Å²) < 4.78 is 10.8. The molecule has 0 spiro atoms. The lowest BCUT2D eigenvalue weighted by molar-refractivity contribution is -0.102. The highest BCUT2D eigenvalue weighted by atomic mass is 79.9. The van der Waals surface area contributed by atoms with E-state index in [1.807, 2.05) is 11.9 Å². The van der Waals surface area contributed by atoms with Gasteiger partial charge in [-0.3, -0.25) is 0 Å². The molecule has 1 rings (SSSR count). The quantitative estimate of drug-likeness (QED) is 0.700. The molecule has 1 saturated carbocycles. The molecule has 0 saturated heterocycles. The first kappa shape index (κ1) is 10.2. The van der Waals surface area contributed by atoms with Crippen LogP contribution in [0, 0.1) is 5.92 Å². The van der Waals surface area contributed by atoms with Gasteiger partial charge in [0.05, 0.1) is 6.10 Å². The van der Waals surface area contributed by atoms with Gasteiger partial charge in [0.25, 0.3) is 0 Å². The Kier molecular flexibility index (Phi) is 3.75. The average Bonchev–Trinajstić information content (AvgIpc) is 2.09. The molecular formula is C9H15BrO2. The molecule has 12 heavy (non-hydrogen) atoms. The summed E-state index contributed by atoms with van der Waals surface area (Å²) in [5.41, 5.74) is 1.29. The molecule has 1 fully saturated rings. The predicted molar refractivity (Wildman–Crippen MR) is 52.4 cm³/mol. The van der Waals surface area contributed by atoms with Gasteiger partial charge in [-0.25, -0.2) is 0 Å². The summed E-state index contributed by atoms with van der Waals surface area (Å²) in [4.78, 5) is 1.95. The van der Waals surface area contributed by atoms with Crippen molar-refractivity contribution in [1.29, 1.82) is 0 Å². The summed E-state index contributed by atoms with van der Waals surface area (Å²) in [7, 11) is 1.72. The third-order valence-corrected chi connectivity index (χ3v) is 2.91. The maximum Gasteiger partial charge on any atom is 0.106 e. The minimum absolute atomic E-state index is 0.152. The van der Waals surface area contributed by atoms with E-state index >= 15 is 0 Å². The fourth-order valence-corrected chi connectivity index (χ4v) is 2.32. The molecule has 0 bridgehead atoms. The van der Waals surface area contributed by atoms with E-state index in [0.29, 0.717) is 5.92 Å². The van der Waals surface area contributed by atoms with Gasteiger partial charge < -0.3 is 9.47 Å². The highest BCUT2D eigenvalue weighted by Gasteiger charge is 2.43. The van der Waals surface area contributed by atoms with Crippen molar-refractivity contribution in [3.8, 4) is 0 Å². The Morgan fingerprint density at radius 1 is 1.58 bits per heavy atom. The first-order valence-corrected chi connectivity index (χ1v) is 5.12. The highest BCUT2D eigenvalue weighted by molar-refractivity contribution is 9.11. The van der Waals surface area contributed by atoms with Crippen molar-refractivity contribution in [3.05, 3.63) is 10.6 Å². The smallest absolute Gasteiger partial charge is 0.106 e. The lowest BCUT2D eigenvalue weighted by Crippen LogP contribution is -2.50. The van der Waals surface area contributed by atoms with E-state index in [-0.39, 0.29) is 12.2 Å². The summed E-state index contributed by atoms with van der Waals surface area (Å²) in [6.07, 6.45) is 0.392. The van der Waals surface area contributed by atoms with Crippen LogP contribution in [0.5, 0.6) is 0 Å². The average molecular weight is 236 g/mol. The van der Waals surface area contributed by atoms with Crippen molar-refractivity contribution in [1.82, 2.24) is 0 Å². The second-order valence-corrected chi connectivity index (χ2v) is 3.43. The maximum absolute atomic E-state index is 5.54. The zero-order chi connectivity index (χ0) is 9.14. The molecule has 70 valence electrons. The van der Waals surface area contributed by atoms with Gasteiger partial charge in [0.15, 0.2) is 0 Å². The molecule has 0 heterocycles. The van der Waals surface area contributed by atoms with Gasteiger partial charge in [-0.05, 0) is 17.5 Å². The van der Waals surface area contributed by atoms with E-state index in [1.54, 1.807) is 7.11 Å². The lowest BCUT2D eigenvalue weighted by atomic mass is 9.77. The Balaban J connectivity index is 2.56. The van der Waals surface area contributed by atoms with Crippen LogP contribution in [0.1, 0.15) is 13.8 Å². The van der Waals surface area contributed by atoms with Gasteiger partial charge in [-0.15, -0.1) is 0 Å². The van der Waals surface area contributed by atoms with Crippen molar-refractivity contribution in [2.45, 2.75) is 26.1 Å². The van der Waals surface area contributed by atoms with Gasteiger partial charge in [-0.2, -0.15) is 0 Å². The highest BCUT2D eigenvalue weighted by Crippen LogP contribution is 2.38. The van der Waals surface area contributed by atoms with Crippen LogP contribution in [0.25, 0.3) is 0 Å². The Bertz CT molecular complexity index is 179. The molecule has 1 aliphatic rings. The Morgan fingerprint density at radius 2 is 2.25 bits per heavy atom. The molecule has 2 nitrogen and oxygen atoms in total. The zero-order valence-electron chi connectivity index (χ0n) is 7.71. The van der Waals surface area contributed by atoms with E-state index in [0.717, 1.165) is 6.61 Å². The van der Waals surface area contributed by atoms with E-state index in [4.69, 9.17) is 9.47 Å². The van der Waals surface area contributed by atoms with Crippen molar-refractivity contribution in [3.63, 3.8) is 0 Å². The summed E-state index contributed by atoms with van der Waals surface area (Å²) in [6.45, 7) is 4.92. The summed E-state index contributed by atoms with van der Waals surface area (Å²) in [5, 5.41) is 0. The molecule has 0 N–H and O–H groups in total. The number of halogens is 1. The monoisotopic (exact) mass is 235 g/mol. The lowest BCUT2D eigenvalue weighted by Gasteiger charge is -2.43. The first-order chi connectivity index (χ1) is 5.76. The van der Waals surface area contributed by atoms with E-state index in [2.05, 4.69) is 22.9 Å². The summed E-state index contributed by atoms with van der Waals surface area (Å²) in [5.74, 6) is 0.481. The van der Waals surface area contributed by atoms with Crippen LogP contribution in [0.2, 0.25) is 0 Å². The fourth-order valence-electron chi connectivity index (χ4n) is 1.64. The molecular weight excluding hydrogens is 221 g/mol. The van der Waals surface area contributed by atoms with Gasteiger partial charge in [0.2, 0.25) is 0 Å². The number of methoxy groups -OCH3 is 1. The number of rotatable bonds is 3. The number of hydrogen-bond acceptors (Lipinski definition) is 2. The Labute approximate surface area is 82.1 Å². The van der Waals surface area contributed by atoms with Crippen LogP contribution < -0.4 is 0 Å². The molecule has 3 atom stereocenters. The van der Waals surface area contributed by atoms with Crippen LogP contribution in [0.15, 0.2) is 10.6 Å². The predicted octanol–water partition coefficient (Wildman–Crippen LogP) is 2.33. The van der Waals surface area contributed by atoms with Crippen molar-refractivity contribution < 1.29 is 9.47 Å². The molecule has 0 aromatic carbocycles. The third-order valence-electron chi connectivity index (χ3n) is 2.38. The molecule has 0 aromatic rings. The van der Waals surface area contributed by atoms with Crippen LogP contribution in [-0.2, 0) is 9.47 Å². The molecule has 0 radical (unpaired) electrons. The number of ether oxygens (including phenoxy) is 2. The second-order valence-electron chi connectivity index (χ2n) is 2.97. The normalized spacial score (nSPS) is 38.3. The van der Waals surface area contributed by atoms with Crippen LogP contribution >= 0.6 is 15.9 Å². The van der Waals surface area contributed by atoms with E-state index < -0.39 is 0 Å². The van der Waals surface area contributed by atoms with Crippen molar-refractivity contribution in [2.75, 3.05) is 13.7 Å². The van der Waals surface area contributed by atoms with Gasteiger partial charge in [-0.1, -0.05) is 22.9 Å². The molecule has 1 aliphatic carbocycles. The minimum atomic E-state index is 0.152. The second kappa shape index (κ2) is 4.40. The fraction of sp³-hybridized carbons (Fsp3) is 0.778. The standard InChI is InChI=1S/C9H15BrO2/c1-4-12-8-6(2)7(5-10)9(8)11-3/h5-6,8-9H,4H2,1-3H3/b7-5-/t6-,8+,9+/m1/s1/i5+1. The van der Waals surface area contributed by atoms with Gasteiger partial charge >= 0.3 is 0 Å². The molecule has 0 amide bonds. The van der Waals surface area contributed by atoms with Crippen molar-refractivity contribution in [2.24, 2.45) is 5.92 Å². The largest absolute Gasteiger partial charge is 0.375 e. The SMILES string of the molecule is CCO[C@H]1[C@H](C)/C(=[13CH]/Br)[C@@H]1OC. The van der Waals surface area contributed by atoms with Crippen LogP contribution in [-0.4, -0.2) is 25.9 Å². The Morgan fingerprint density at radius 3 is 2.67 bits per heavy atom. The first-order valence-electron chi connectivity index (χ1n) is 4.20. The van der Waals surface area contributed by atoms with E-state index in [9.17, 15) is 0 Å². The van der Waals surface area contributed by atoms with Gasteiger partial charge in [0, 0.05) is 19.6 Å². The molecule has 3 heteroatoms. The molecule has 0 aromatic heterocycles. The zero-order valence-corrected chi connectivity index (χ0v) is 9.30. The number of hydrogen-bond donors (Lipinski definition) is 0. The summed E-state index contributed by atoms with van der Waals surface area (Å²) in [6, 6.07) is 0. The molecule has 0 aliphatic heterocycles. The summed E-state index contributed by atoms with van der Waals surface area (Å²) >= 11 is 3.33. The Hall–Kier alpha value is 0.140. The topological polar surface area (TPSA) is 18.5 Å². The van der Waals surface area contributed by atoms with E-state index in [1.165, 1.54) is 5.57 Å².